The van der Waals surface area contributed by atoms with Crippen LogP contribution in [-0.2, 0) is 4.74 Å². The number of aliphatic hydroxyl groups excluding tert-OH is 4. The Hall–Kier alpha value is -1.52. The van der Waals surface area contributed by atoms with Crippen molar-refractivity contribution in [2.24, 2.45) is 0 Å². The highest BCUT2D eigenvalue weighted by Crippen LogP contribution is 2.30. The largest absolute Gasteiger partial charge is 0.394 e. The molecule has 0 radical (unpaired) electrons. The van der Waals surface area contributed by atoms with Crippen molar-refractivity contribution in [1.82, 2.24) is 9.55 Å². The molecular formula is C10H15N3O6. The first-order valence-corrected chi connectivity index (χ1v) is 5.61. The first-order valence-electron chi connectivity index (χ1n) is 5.61. The monoisotopic (exact) mass is 273 g/mol. The minimum atomic E-state index is -1.44. The molecule has 0 spiro atoms. The summed E-state index contributed by atoms with van der Waals surface area (Å²) in [4.78, 5) is 15.1. The van der Waals surface area contributed by atoms with Crippen molar-refractivity contribution in [1.29, 1.82) is 0 Å². The second-order valence-corrected chi connectivity index (χ2v) is 4.26. The van der Waals surface area contributed by atoms with Gasteiger partial charge in [-0.25, -0.2) is 4.79 Å². The van der Waals surface area contributed by atoms with E-state index in [4.69, 9.17) is 15.6 Å². The number of hydrogen-bond donors (Lipinski definition) is 5. The molecule has 1 fully saturated rings. The second kappa shape index (κ2) is 5.23. The van der Waals surface area contributed by atoms with Gasteiger partial charge in [0.2, 0.25) is 0 Å². The standard InChI is InChI=1S/C10H15N3O6/c11-5-1-2-13(10(18)12-5)9-7(17)6(16)8(19-9)4(15)3-14/h1-2,4,6-9,14-17H,3H2,(H2,11,12,18)/t4-,6+,7-,8+,9+/m1/s1. The lowest BCUT2D eigenvalue weighted by Gasteiger charge is -2.18. The van der Waals surface area contributed by atoms with Gasteiger partial charge in [-0.15, -0.1) is 0 Å². The topological polar surface area (TPSA) is 151 Å². The summed E-state index contributed by atoms with van der Waals surface area (Å²) in [7, 11) is 0. The average Bonchev–Trinajstić information content (AvgIpc) is 2.66. The molecule has 0 aromatic carbocycles. The zero-order valence-electron chi connectivity index (χ0n) is 9.83. The molecule has 1 aromatic rings. The lowest BCUT2D eigenvalue weighted by molar-refractivity contribution is -0.0981. The SMILES string of the molecule is Nc1ccn([C@H]2O[C@@H]([C@H](O)CO)[C@@H](O)[C@H]2O)c(=O)n1. The number of hydrogen-bond acceptors (Lipinski definition) is 8. The van der Waals surface area contributed by atoms with Gasteiger partial charge in [0.1, 0.15) is 30.2 Å². The fourth-order valence-corrected chi connectivity index (χ4v) is 1.96. The predicted octanol–water partition coefficient (Wildman–Crippen LogP) is -3.20. The third kappa shape index (κ3) is 2.46. The van der Waals surface area contributed by atoms with Crippen LogP contribution in [0.3, 0.4) is 0 Å². The molecule has 0 saturated carbocycles. The molecule has 1 aliphatic rings. The van der Waals surface area contributed by atoms with E-state index in [1.54, 1.807) is 0 Å². The van der Waals surface area contributed by atoms with E-state index in [-0.39, 0.29) is 5.82 Å². The van der Waals surface area contributed by atoms with Crippen molar-refractivity contribution < 1.29 is 25.2 Å². The van der Waals surface area contributed by atoms with E-state index < -0.39 is 42.9 Å². The smallest absolute Gasteiger partial charge is 0.351 e. The van der Waals surface area contributed by atoms with Crippen LogP contribution in [-0.4, -0.2) is 61.0 Å². The van der Waals surface area contributed by atoms with Crippen molar-refractivity contribution in [3.63, 3.8) is 0 Å². The van der Waals surface area contributed by atoms with Gasteiger partial charge in [0.25, 0.3) is 0 Å². The van der Waals surface area contributed by atoms with E-state index in [9.17, 15) is 20.1 Å². The fourth-order valence-electron chi connectivity index (χ4n) is 1.96. The van der Waals surface area contributed by atoms with Crippen LogP contribution in [0.2, 0.25) is 0 Å². The van der Waals surface area contributed by atoms with E-state index in [2.05, 4.69) is 4.98 Å². The molecule has 5 atom stereocenters. The molecule has 9 nitrogen and oxygen atoms in total. The molecule has 0 bridgehead atoms. The highest BCUT2D eigenvalue weighted by atomic mass is 16.6. The Morgan fingerprint density at radius 1 is 1.47 bits per heavy atom. The van der Waals surface area contributed by atoms with Gasteiger partial charge in [-0.2, -0.15) is 4.98 Å². The summed E-state index contributed by atoms with van der Waals surface area (Å²) in [6.07, 6.45) is -5.38. The second-order valence-electron chi connectivity index (χ2n) is 4.26. The van der Waals surface area contributed by atoms with Crippen molar-refractivity contribution >= 4 is 5.82 Å². The quantitative estimate of drug-likeness (QED) is 0.386. The van der Waals surface area contributed by atoms with Gasteiger partial charge in [0.15, 0.2) is 6.23 Å². The molecule has 0 amide bonds. The molecule has 9 heteroatoms. The summed E-state index contributed by atoms with van der Waals surface area (Å²) < 4.78 is 6.17. The van der Waals surface area contributed by atoms with E-state index in [1.807, 2.05) is 0 Å². The number of ether oxygens (including phenoxy) is 1. The minimum Gasteiger partial charge on any atom is -0.394 e. The Balaban J connectivity index is 2.29. The Bertz CT molecular complexity index is 506. The van der Waals surface area contributed by atoms with Gasteiger partial charge in [-0.1, -0.05) is 0 Å². The molecule has 106 valence electrons. The summed E-state index contributed by atoms with van der Waals surface area (Å²) in [6, 6.07) is 1.33. The molecule has 1 aliphatic heterocycles. The number of rotatable bonds is 3. The number of nitrogen functional groups attached to an aromatic ring is 1. The Kier molecular flexibility index (Phi) is 3.83. The van der Waals surface area contributed by atoms with Gasteiger partial charge >= 0.3 is 5.69 Å². The van der Waals surface area contributed by atoms with Crippen molar-refractivity contribution in [3.05, 3.63) is 22.7 Å². The Morgan fingerprint density at radius 2 is 2.16 bits per heavy atom. The molecule has 1 saturated heterocycles. The third-order valence-electron chi connectivity index (χ3n) is 2.97. The Labute approximate surface area is 107 Å². The van der Waals surface area contributed by atoms with Crippen molar-refractivity contribution in [2.45, 2.75) is 30.6 Å². The van der Waals surface area contributed by atoms with Crippen LogP contribution in [0.4, 0.5) is 5.82 Å². The number of aromatic nitrogens is 2. The van der Waals surface area contributed by atoms with Gasteiger partial charge in [-0.3, -0.25) is 4.57 Å². The molecule has 1 aromatic heterocycles. The lowest BCUT2D eigenvalue weighted by atomic mass is 10.1. The van der Waals surface area contributed by atoms with Crippen molar-refractivity contribution in [2.75, 3.05) is 12.3 Å². The molecule has 0 aliphatic carbocycles. The number of nitrogens with two attached hydrogens (primary N) is 1. The number of anilines is 1. The molecule has 2 rings (SSSR count). The number of nitrogens with zero attached hydrogens (tertiary/aromatic N) is 2. The van der Waals surface area contributed by atoms with Gasteiger partial charge < -0.3 is 30.9 Å². The van der Waals surface area contributed by atoms with E-state index in [1.165, 1.54) is 12.3 Å². The van der Waals surface area contributed by atoms with E-state index in [0.29, 0.717) is 0 Å². The lowest BCUT2D eigenvalue weighted by Crippen LogP contribution is -2.40. The maximum absolute atomic E-state index is 11.6. The van der Waals surface area contributed by atoms with E-state index in [0.717, 1.165) is 4.57 Å². The van der Waals surface area contributed by atoms with Crippen LogP contribution in [0.1, 0.15) is 6.23 Å². The summed E-state index contributed by atoms with van der Waals surface area (Å²) in [5, 5.41) is 37.8. The Morgan fingerprint density at radius 3 is 2.74 bits per heavy atom. The van der Waals surface area contributed by atoms with E-state index >= 15 is 0 Å². The van der Waals surface area contributed by atoms with Gasteiger partial charge in [0, 0.05) is 6.20 Å². The van der Waals surface area contributed by atoms with Gasteiger partial charge in [0.05, 0.1) is 6.61 Å². The van der Waals surface area contributed by atoms with Crippen LogP contribution in [0.15, 0.2) is 17.1 Å². The van der Waals surface area contributed by atoms with Crippen molar-refractivity contribution in [3.8, 4) is 0 Å². The first kappa shape index (κ1) is 13.9. The molecule has 19 heavy (non-hydrogen) atoms. The van der Waals surface area contributed by atoms with Crippen LogP contribution in [0.5, 0.6) is 0 Å². The fraction of sp³-hybridized carbons (Fsp3) is 0.600. The summed E-state index contributed by atoms with van der Waals surface area (Å²) in [6.45, 7) is -0.643. The summed E-state index contributed by atoms with van der Waals surface area (Å²) >= 11 is 0. The van der Waals surface area contributed by atoms with Crippen LogP contribution in [0.25, 0.3) is 0 Å². The van der Waals surface area contributed by atoms with Crippen LogP contribution >= 0.6 is 0 Å². The van der Waals surface area contributed by atoms with Gasteiger partial charge in [-0.05, 0) is 6.07 Å². The number of aliphatic hydroxyl groups is 4. The molecule has 6 N–H and O–H groups in total. The third-order valence-corrected chi connectivity index (χ3v) is 2.97. The zero-order valence-corrected chi connectivity index (χ0v) is 9.83. The first-order chi connectivity index (χ1) is 8.95. The summed E-state index contributed by atoms with van der Waals surface area (Å²) in [5.41, 5.74) is 4.58. The predicted molar refractivity (Wildman–Crippen MR) is 61.9 cm³/mol. The normalized spacial score (nSPS) is 32.4. The maximum Gasteiger partial charge on any atom is 0.351 e. The maximum atomic E-state index is 11.6. The van der Waals surface area contributed by atoms with Crippen LogP contribution < -0.4 is 11.4 Å². The molecule has 2 heterocycles. The molecule has 0 unspecified atom stereocenters. The minimum absolute atomic E-state index is 0.0150. The zero-order chi connectivity index (χ0) is 14.2. The average molecular weight is 273 g/mol. The highest BCUT2D eigenvalue weighted by Gasteiger charge is 2.46. The molecular weight excluding hydrogens is 258 g/mol. The highest BCUT2D eigenvalue weighted by molar-refractivity contribution is 5.23. The summed E-state index contributed by atoms with van der Waals surface area (Å²) in [5.74, 6) is 0.0150. The van der Waals surface area contributed by atoms with Crippen LogP contribution in [0, 0.1) is 0 Å².